The van der Waals surface area contributed by atoms with Gasteiger partial charge in [0, 0.05) is 28.0 Å². The van der Waals surface area contributed by atoms with Crippen LogP contribution in [0.15, 0.2) is 53.4 Å². The van der Waals surface area contributed by atoms with E-state index in [0.717, 1.165) is 3.57 Å². The lowest BCUT2D eigenvalue weighted by Crippen LogP contribution is -2.43. The van der Waals surface area contributed by atoms with Gasteiger partial charge < -0.3 is 10.1 Å². The van der Waals surface area contributed by atoms with E-state index in [1.54, 1.807) is 0 Å². The van der Waals surface area contributed by atoms with Crippen LogP contribution in [0.4, 0.5) is 16.2 Å². The van der Waals surface area contributed by atoms with Crippen molar-refractivity contribution < 1.29 is 22.7 Å². The molecule has 0 unspecified atom stereocenters. The summed E-state index contributed by atoms with van der Waals surface area (Å²) >= 11 is 2.19. The number of hydrogen-bond acceptors (Lipinski definition) is 5. The number of nitrogens with zero attached hydrogens (tertiary/aromatic N) is 1. The van der Waals surface area contributed by atoms with Gasteiger partial charge >= 0.3 is 6.09 Å². The van der Waals surface area contributed by atoms with Gasteiger partial charge in [0.25, 0.3) is 0 Å². The number of nitrogens with one attached hydrogen (secondary N) is 2. The minimum absolute atomic E-state index is 0.108. The van der Waals surface area contributed by atoms with E-state index >= 15 is 0 Å². The molecule has 1 heterocycles. The van der Waals surface area contributed by atoms with Crippen molar-refractivity contribution in [2.75, 3.05) is 30.8 Å². The molecule has 3 rings (SSSR count). The van der Waals surface area contributed by atoms with Crippen molar-refractivity contribution >= 4 is 56.0 Å². The number of halogens is 1. The summed E-state index contributed by atoms with van der Waals surface area (Å²) < 4.78 is 33.0. The minimum Gasteiger partial charge on any atom is -0.453 e. The van der Waals surface area contributed by atoms with Gasteiger partial charge in [0.15, 0.2) is 0 Å². The van der Waals surface area contributed by atoms with Crippen molar-refractivity contribution in [2.45, 2.75) is 17.7 Å². The van der Waals surface area contributed by atoms with Gasteiger partial charge in [0.05, 0.1) is 17.9 Å². The monoisotopic (exact) mass is 543 g/mol. The van der Waals surface area contributed by atoms with Crippen LogP contribution in [0.5, 0.6) is 0 Å². The molecule has 0 saturated carbocycles. The number of piperidine rings is 1. The second kappa shape index (κ2) is 9.75. The van der Waals surface area contributed by atoms with Gasteiger partial charge in [-0.25, -0.2) is 13.2 Å². The Kier molecular flexibility index (Phi) is 7.32. The van der Waals surface area contributed by atoms with E-state index in [1.165, 1.54) is 35.7 Å². The molecule has 30 heavy (non-hydrogen) atoms. The van der Waals surface area contributed by atoms with Crippen molar-refractivity contribution in [3.8, 4) is 0 Å². The van der Waals surface area contributed by atoms with E-state index in [9.17, 15) is 18.0 Å². The largest absolute Gasteiger partial charge is 0.453 e. The molecule has 2 amide bonds. The average molecular weight is 543 g/mol. The molecule has 1 fully saturated rings. The standard InChI is InChI=1S/C20H22IN3O5S/c1-29-20(26)23-17-8-10-18(11-9-17)30(27,28)24-12-2-3-14(13-24)19(25)22-16-6-4-15(21)5-7-16/h4-11,14H,2-3,12-13H2,1H3,(H,22,25)(H,23,26)/t14-/m1/s1. The van der Waals surface area contributed by atoms with E-state index < -0.39 is 22.0 Å². The number of benzene rings is 2. The fourth-order valence-electron chi connectivity index (χ4n) is 3.18. The summed E-state index contributed by atoms with van der Waals surface area (Å²) in [5.74, 6) is -0.609. The van der Waals surface area contributed by atoms with E-state index in [4.69, 9.17) is 0 Å². The van der Waals surface area contributed by atoms with Gasteiger partial charge in [-0.3, -0.25) is 10.1 Å². The Morgan fingerprint density at radius 1 is 1.03 bits per heavy atom. The molecule has 10 heteroatoms. The molecule has 0 aliphatic carbocycles. The molecule has 0 aromatic heterocycles. The number of rotatable bonds is 5. The number of hydrogen-bond donors (Lipinski definition) is 2. The maximum Gasteiger partial charge on any atom is 0.411 e. The number of sulfonamides is 1. The minimum atomic E-state index is -3.75. The molecule has 8 nitrogen and oxygen atoms in total. The first-order valence-electron chi connectivity index (χ1n) is 9.31. The summed E-state index contributed by atoms with van der Waals surface area (Å²) in [6, 6.07) is 13.3. The molecule has 1 aliphatic heterocycles. The Morgan fingerprint density at radius 3 is 2.27 bits per heavy atom. The third kappa shape index (κ3) is 5.49. The first-order valence-corrected chi connectivity index (χ1v) is 11.8. The molecule has 1 aliphatic rings. The summed E-state index contributed by atoms with van der Waals surface area (Å²) in [4.78, 5) is 24.0. The Balaban J connectivity index is 1.68. The maximum atomic E-state index is 13.0. The van der Waals surface area contributed by atoms with Crippen LogP contribution in [0.3, 0.4) is 0 Å². The fourth-order valence-corrected chi connectivity index (χ4v) is 5.06. The summed E-state index contributed by atoms with van der Waals surface area (Å²) in [6.45, 7) is 0.485. The van der Waals surface area contributed by atoms with E-state index in [2.05, 4.69) is 38.0 Å². The highest BCUT2D eigenvalue weighted by molar-refractivity contribution is 14.1. The number of amides is 2. The second-order valence-electron chi connectivity index (χ2n) is 6.84. The summed E-state index contributed by atoms with van der Waals surface area (Å²) in [5, 5.41) is 5.34. The van der Waals surface area contributed by atoms with Crippen LogP contribution in [-0.4, -0.2) is 44.9 Å². The third-order valence-electron chi connectivity index (χ3n) is 4.79. The summed E-state index contributed by atoms with van der Waals surface area (Å²) in [5.41, 5.74) is 1.11. The fraction of sp³-hybridized carbons (Fsp3) is 0.300. The molecular weight excluding hydrogens is 521 g/mol. The smallest absolute Gasteiger partial charge is 0.411 e. The van der Waals surface area contributed by atoms with Crippen LogP contribution in [-0.2, 0) is 19.6 Å². The van der Waals surface area contributed by atoms with Crippen molar-refractivity contribution in [3.05, 3.63) is 52.1 Å². The predicted octanol–water partition coefficient (Wildman–Crippen LogP) is 3.51. The molecular formula is C20H22IN3O5S. The van der Waals surface area contributed by atoms with Crippen molar-refractivity contribution in [1.29, 1.82) is 0 Å². The summed E-state index contributed by atoms with van der Waals surface area (Å²) in [7, 11) is -2.50. The zero-order valence-corrected chi connectivity index (χ0v) is 19.3. The van der Waals surface area contributed by atoms with Crippen molar-refractivity contribution in [1.82, 2.24) is 4.31 Å². The highest BCUT2D eigenvalue weighted by Gasteiger charge is 2.33. The highest BCUT2D eigenvalue weighted by Crippen LogP contribution is 2.26. The van der Waals surface area contributed by atoms with E-state index in [1.807, 2.05) is 24.3 Å². The zero-order valence-electron chi connectivity index (χ0n) is 16.3. The van der Waals surface area contributed by atoms with Gasteiger partial charge in [-0.05, 0) is 84.0 Å². The normalized spacial score (nSPS) is 17.2. The number of methoxy groups -OCH3 is 1. The zero-order chi connectivity index (χ0) is 21.7. The molecule has 160 valence electrons. The van der Waals surface area contributed by atoms with E-state index in [-0.39, 0.29) is 17.3 Å². The summed E-state index contributed by atoms with van der Waals surface area (Å²) in [6.07, 6.45) is 0.597. The van der Waals surface area contributed by atoms with Crippen LogP contribution in [0.2, 0.25) is 0 Å². The first kappa shape index (κ1) is 22.5. The highest BCUT2D eigenvalue weighted by atomic mass is 127. The first-order chi connectivity index (χ1) is 14.3. The van der Waals surface area contributed by atoms with Crippen molar-refractivity contribution in [2.24, 2.45) is 5.92 Å². The lowest BCUT2D eigenvalue weighted by Gasteiger charge is -2.31. The topological polar surface area (TPSA) is 105 Å². The Bertz CT molecular complexity index is 1010. The maximum absolute atomic E-state index is 13.0. The molecule has 1 atom stereocenters. The SMILES string of the molecule is COC(=O)Nc1ccc(S(=O)(=O)N2CCC[C@@H](C(=O)Nc3ccc(I)cc3)C2)cc1. The van der Waals surface area contributed by atoms with Gasteiger partial charge in [-0.15, -0.1) is 0 Å². The number of carbonyl (C=O) groups is 2. The number of anilines is 2. The lowest BCUT2D eigenvalue weighted by molar-refractivity contribution is -0.120. The molecule has 0 bridgehead atoms. The molecule has 0 radical (unpaired) electrons. The van der Waals surface area contributed by atoms with Crippen molar-refractivity contribution in [3.63, 3.8) is 0 Å². The molecule has 2 aromatic rings. The second-order valence-corrected chi connectivity index (χ2v) is 10.0. The van der Waals surface area contributed by atoms with Crippen LogP contribution in [0.1, 0.15) is 12.8 Å². The van der Waals surface area contributed by atoms with Crippen LogP contribution in [0, 0.1) is 9.49 Å². The number of carbonyl (C=O) groups excluding carboxylic acids is 2. The quantitative estimate of drug-likeness (QED) is 0.562. The number of ether oxygens (including phenoxy) is 1. The Morgan fingerprint density at radius 2 is 1.63 bits per heavy atom. The molecule has 1 saturated heterocycles. The van der Waals surface area contributed by atoms with Gasteiger partial charge in [-0.1, -0.05) is 0 Å². The Hall–Kier alpha value is -2.18. The Labute approximate surface area is 189 Å². The average Bonchev–Trinajstić information content (AvgIpc) is 2.75. The third-order valence-corrected chi connectivity index (χ3v) is 7.39. The van der Waals surface area contributed by atoms with Gasteiger partial charge in [0.2, 0.25) is 15.9 Å². The molecule has 2 N–H and O–H groups in total. The van der Waals surface area contributed by atoms with Gasteiger partial charge in [-0.2, -0.15) is 4.31 Å². The van der Waals surface area contributed by atoms with Crippen LogP contribution >= 0.6 is 22.6 Å². The molecule has 0 spiro atoms. The lowest BCUT2D eigenvalue weighted by atomic mass is 9.99. The predicted molar refractivity (Wildman–Crippen MR) is 122 cm³/mol. The van der Waals surface area contributed by atoms with Gasteiger partial charge in [0.1, 0.15) is 0 Å². The molecule has 2 aromatic carbocycles. The van der Waals surface area contributed by atoms with Crippen LogP contribution in [0.25, 0.3) is 0 Å². The van der Waals surface area contributed by atoms with E-state index in [0.29, 0.717) is 30.8 Å². The van der Waals surface area contributed by atoms with Crippen LogP contribution < -0.4 is 10.6 Å².